The smallest absolute Gasteiger partial charge is 0.407 e. The lowest BCUT2D eigenvalue weighted by atomic mass is 9.93. The Morgan fingerprint density at radius 1 is 1.55 bits per heavy atom. The van der Waals surface area contributed by atoms with Crippen LogP contribution in [0.15, 0.2) is 6.33 Å². The number of fused-ring (bicyclic) bond motifs is 1. The summed E-state index contributed by atoms with van der Waals surface area (Å²) >= 11 is 0. The van der Waals surface area contributed by atoms with Gasteiger partial charge in [-0.15, -0.1) is 0 Å². The van der Waals surface area contributed by atoms with Gasteiger partial charge < -0.3 is 14.4 Å². The zero-order valence-corrected chi connectivity index (χ0v) is 12.0. The SMILES string of the molecule is CC(C)[C@H]1c2ncn(C3CCOC3)c2CCN1C(=O)O. The lowest BCUT2D eigenvalue weighted by molar-refractivity contribution is 0.102. The number of hydrogen-bond acceptors (Lipinski definition) is 3. The van der Waals surface area contributed by atoms with Crippen LogP contribution in [0, 0.1) is 5.92 Å². The van der Waals surface area contributed by atoms with Gasteiger partial charge in [-0.05, 0) is 12.3 Å². The zero-order valence-electron chi connectivity index (χ0n) is 12.0. The number of carboxylic acid groups (broad SMARTS) is 1. The first-order chi connectivity index (χ1) is 9.59. The van der Waals surface area contributed by atoms with Gasteiger partial charge in [0, 0.05) is 25.3 Å². The Morgan fingerprint density at radius 3 is 2.95 bits per heavy atom. The van der Waals surface area contributed by atoms with Gasteiger partial charge in [0.05, 0.1) is 30.7 Å². The highest BCUT2D eigenvalue weighted by atomic mass is 16.5. The Balaban J connectivity index is 1.97. The van der Waals surface area contributed by atoms with Crippen molar-refractivity contribution in [3.8, 4) is 0 Å². The van der Waals surface area contributed by atoms with Crippen LogP contribution in [0.3, 0.4) is 0 Å². The van der Waals surface area contributed by atoms with Gasteiger partial charge in [0.15, 0.2) is 0 Å². The van der Waals surface area contributed by atoms with Crippen LogP contribution in [0.4, 0.5) is 4.79 Å². The summed E-state index contributed by atoms with van der Waals surface area (Å²) in [6.45, 7) is 6.18. The second-order valence-corrected chi connectivity index (χ2v) is 5.92. The van der Waals surface area contributed by atoms with E-state index in [0.717, 1.165) is 31.7 Å². The molecule has 0 aromatic carbocycles. The molecule has 1 aromatic rings. The molecule has 20 heavy (non-hydrogen) atoms. The maximum Gasteiger partial charge on any atom is 0.407 e. The Hall–Kier alpha value is -1.56. The van der Waals surface area contributed by atoms with Gasteiger partial charge in [0.25, 0.3) is 0 Å². The zero-order chi connectivity index (χ0) is 14.3. The first-order valence-corrected chi connectivity index (χ1v) is 7.22. The number of hydrogen-bond donors (Lipinski definition) is 1. The number of amides is 1. The molecule has 110 valence electrons. The van der Waals surface area contributed by atoms with E-state index in [-0.39, 0.29) is 12.0 Å². The largest absolute Gasteiger partial charge is 0.465 e. The Kier molecular flexibility index (Phi) is 3.41. The standard InChI is InChI=1S/C14H21N3O3/c1-9(2)13-12-11(3-5-16(13)14(18)19)17(8-15-12)10-4-6-20-7-10/h8-10,13H,3-7H2,1-2H3,(H,18,19)/t10?,13-/m0/s1. The van der Waals surface area contributed by atoms with Crippen molar-refractivity contribution in [3.63, 3.8) is 0 Å². The first-order valence-electron chi connectivity index (χ1n) is 7.22. The maximum absolute atomic E-state index is 11.4. The molecule has 1 N–H and O–H groups in total. The maximum atomic E-state index is 11.4. The highest BCUT2D eigenvalue weighted by Crippen LogP contribution is 2.36. The summed E-state index contributed by atoms with van der Waals surface area (Å²) in [5.74, 6) is 0.216. The summed E-state index contributed by atoms with van der Waals surface area (Å²) in [6.07, 6.45) is 2.76. The lowest BCUT2D eigenvalue weighted by Crippen LogP contribution is -2.42. The van der Waals surface area contributed by atoms with Gasteiger partial charge in [-0.2, -0.15) is 0 Å². The van der Waals surface area contributed by atoms with Gasteiger partial charge in [-0.25, -0.2) is 9.78 Å². The molecule has 0 radical (unpaired) electrons. The molecule has 0 spiro atoms. The summed E-state index contributed by atoms with van der Waals surface area (Å²) in [5, 5.41) is 9.37. The van der Waals surface area contributed by atoms with E-state index < -0.39 is 6.09 Å². The number of aromatic nitrogens is 2. The van der Waals surface area contributed by atoms with E-state index in [1.165, 1.54) is 10.6 Å². The van der Waals surface area contributed by atoms with Crippen LogP contribution < -0.4 is 0 Å². The van der Waals surface area contributed by atoms with Crippen molar-refractivity contribution in [3.05, 3.63) is 17.7 Å². The van der Waals surface area contributed by atoms with Crippen molar-refractivity contribution >= 4 is 6.09 Å². The number of nitrogens with zero attached hydrogens (tertiary/aromatic N) is 3. The molecule has 1 saturated heterocycles. The number of carbonyl (C=O) groups is 1. The molecule has 1 amide bonds. The van der Waals surface area contributed by atoms with E-state index in [2.05, 4.69) is 9.55 Å². The molecule has 1 fully saturated rings. The van der Waals surface area contributed by atoms with Crippen molar-refractivity contribution < 1.29 is 14.6 Å². The van der Waals surface area contributed by atoms with E-state index >= 15 is 0 Å². The van der Waals surface area contributed by atoms with Gasteiger partial charge >= 0.3 is 6.09 Å². The number of imidazole rings is 1. The van der Waals surface area contributed by atoms with E-state index in [1.54, 1.807) is 0 Å². The molecule has 1 unspecified atom stereocenters. The monoisotopic (exact) mass is 279 g/mol. The molecule has 3 heterocycles. The van der Waals surface area contributed by atoms with Crippen LogP contribution >= 0.6 is 0 Å². The Morgan fingerprint density at radius 2 is 2.35 bits per heavy atom. The van der Waals surface area contributed by atoms with Crippen LogP contribution in [-0.4, -0.2) is 45.4 Å². The summed E-state index contributed by atoms with van der Waals surface area (Å²) < 4.78 is 7.66. The fourth-order valence-corrected chi connectivity index (χ4v) is 3.36. The van der Waals surface area contributed by atoms with E-state index in [4.69, 9.17) is 4.74 Å². The molecule has 0 aliphatic carbocycles. The van der Waals surface area contributed by atoms with Crippen LogP contribution in [-0.2, 0) is 11.2 Å². The summed E-state index contributed by atoms with van der Waals surface area (Å²) in [5.41, 5.74) is 2.12. The molecule has 2 aliphatic heterocycles. The number of ether oxygens (including phenoxy) is 1. The van der Waals surface area contributed by atoms with E-state index in [0.29, 0.717) is 12.6 Å². The second-order valence-electron chi connectivity index (χ2n) is 5.92. The Labute approximate surface area is 118 Å². The fraction of sp³-hybridized carbons (Fsp3) is 0.714. The molecule has 3 rings (SSSR count). The van der Waals surface area contributed by atoms with Gasteiger partial charge in [0.2, 0.25) is 0 Å². The number of rotatable bonds is 2. The molecule has 0 bridgehead atoms. The van der Waals surface area contributed by atoms with Crippen LogP contribution in [0.2, 0.25) is 0 Å². The predicted octanol–water partition coefficient (Wildman–Crippen LogP) is 2.08. The third-order valence-electron chi connectivity index (χ3n) is 4.31. The molecule has 1 aromatic heterocycles. The van der Waals surface area contributed by atoms with Crippen molar-refractivity contribution in [2.45, 2.75) is 38.8 Å². The van der Waals surface area contributed by atoms with E-state index in [1.807, 2.05) is 20.2 Å². The normalized spacial score (nSPS) is 26.1. The van der Waals surface area contributed by atoms with Gasteiger partial charge in [-0.3, -0.25) is 4.90 Å². The summed E-state index contributed by atoms with van der Waals surface area (Å²) in [4.78, 5) is 17.5. The topological polar surface area (TPSA) is 67.6 Å². The first kappa shape index (κ1) is 13.4. The van der Waals surface area contributed by atoms with Crippen LogP contribution in [0.1, 0.15) is 43.7 Å². The third kappa shape index (κ3) is 2.08. The molecule has 6 nitrogen and oxygen atoms in total. The summed E-state index contributed by atoms with van der Waals surface area (Å²) in [7, 11) is 0. The molecule has 2 aliphatic rings. The molecular formula is C14H21N3O3. The van der Waals surface area contributed by atoms with Crippen LogP contribution in [0.25, 0.3) is 0 Å². The third-order valence-corrected chi connectivity index (χ3v) is 4.31. The molecule has 6 heteroatoms. The second kappa shape index (κ2) is 5.09. The van der Waals surface area contributed by atoms with Crippen molar-refractivity contribution in [1.29, 1.82) is 0 Å². The highest BCUT2D eigenvalue weighted by molar-refractivity contribution is 5.66. The average Bonchev–Trinajstić information content (AvgIpc) is 3.05. The predicted molar refractivity (Wildman–Crippen MR) is 72.7 cm³/mol. The minimum atomic E-state index is -0.854. The minimum absolute atomic E-state index is 0.139. The molecular weight excluding hydrogens is 258 g/mol. The fourth-order valence-electron chi connectivity index (χ4n) is 3.36. The average molecular weight is 279 g/mol. The highest BCUT2D eigenvalue weighted by Gasteiger charge is 2.37. The Bertz CT molecular complexity index is 506. The van der Waals surface area contributed by atoms with Crippen molar-refractivity contribution in [2.75, 3.05) is 19.8 Å². The van der Waals surface area contributed by atoms with Crippen molar-refractivity contribution in [2.24, 2.45) is 5.92 Å². The van der Waals surface area contributed by atoms with Gasteiger partial charge in [0.1, 0.15) is 0 Å². The molecule has 0 saturated carbocycles. The van der Waals surface area contributed by atoms with Crippen LogP contribution in [0.5, 0.6) is 0 Å². The van der Waals surface area contributed by atoms with Gasteiger partial charge in [-0.1, -0.05) is 13.8 Å². The minimum Gasteiger partial charge on any atom is -0.465 e. The lowest BCUT2D eigenvalue weighted by Gasteiger charge is -2.36. The molecule has 2 atom stereocenters. The van der Waals surface area contributed by atoms with E-state index in [9.17, 15) is 9.90 Å². The quantitative estimate of drug-likeness (QED) is 0.900. The summed E-state index contributed by atoms with van der Waals surface area (Å²) in [6, 6.07) is 0.218. The van der Waals surface area contributed by atoms with Crippen molar-refractivity contribution in [1.82, 2.24) is 14.5 Å².